The van der Waals surface area contributed by atoms with Gasteiger partial charge in [0, 0.05) is 6.42 Å². The summed E-state index contributed by atoms with van der Waals surface area (Å²) in [5, 5.41) is 5.19. The van der Waals surface area contributed by atoms with E-state index >= 15 is 0 Å². The molecule has 2 aromatic carbocycles. The van der Waals surface area contributed by atoms with Crippen molar-refractivity contribution in [2.45, 2.75) is 38.1 Å². The summed E-state index contributed by atoms with van der Waals surface area (Å²) >= 11 is 1.42. The van der Waals surface area contributed by atoms with Crippen molar-refractivity contribution in [1.29, 1.82) is 0 Å². The first-order valence-electron chi connectivity index (χ1n) is 9.10. The molecule has 0 aliphatic heterocycles. The maximum atomic E-state index is 13.3. The number of hydrogen-bond donors (Lipinski definition) is 0. The molecule has 0 aliphatic carbocycles. The number of aromatic nitrogens is 4. The molecule has 2 heterocycles. The topological polar surface area (TPSA) is 73.8 Å². The Hall–Kier alpha value is -2.93. The highest BCUT2D eigenvalue weighted by Gasteiger charge is 2.15. The zero-order chi connectivity index (χ0) is 19.7. The van der Waals surface area contributed by atoms with E-state index in [2.05, 4.69) is 17.1 Å². The Labute approximate surface area is 166 Å². The molecule has 0 amide bonds. The van der Waals surface area contributed by atoms with Crippen LogP contribution in [0.15, 0.2) is 56.9 Å². The van der Waals surface area contributed by atoms with Crippen molar-refractivity contribution in [2.75, 3.05) is 0 Å². The number of rotatable bonds is 5. The van der Waals surface area contributed by atoms with E-state index < -0.39 is 0 Å². The van der Waals surface area contributed by atoms with Crippen LogP contribution in [0.2, 0.25) is 0 Å². The zero-order valence-electron chi connectivity index (χ0n) is 16.0. The van der Waals surface area contributed by atoms with Gasteiger partial charge < -0.3 is 4.52 Å². The van der Waals surface area contributed by atoms with Crippen molar-refractivity contribution in [3.63, 3.8) is 0 Å². The third kappa shape index (κ3) is 3.45. The predicted molar refractivity (Wildman–Crippen MR) is 110 cm³/mol. The molecule has 0 fully saturated rings. The normalized spacial score (nSPS) is 11.2. The molecular formula is C21H20N4O2S. The lowest BCUT2D eigenvalue weighted by molar-refractivity contribution is 0.378. The van der Waals surface area contributed by atoms with E-state index in [1.54, 1.807) is 4.57 Å². The molecule has 0 unspecified atom stereocenters. The molecule has 0 saturated carbocycles. The molecule has 6 nitrogen and oxygen atoms in total. The van der Waals surface area contributed by atoms with Crippen LogP contribution in [0.4, 0.5) is 0 Å². The van der Waals surface area contributed by atoms with Gasteiger partial charge in [-0.05, 0) is 49.2 Å². The summed E-state index contributed by atoms with van der Waals surface area (Å²) in [6.07, 6.45) is 0.694. The molecule has 0 atom stereocenters. The second-order valence-electron chi connectivity index (χ2n) is 6.57. The van der Waals surface area contributed by atoms with Gasteiger partial charge in [-0.15, -0.1) is 0 Å². The minimum atomic E-state index is -0.0845. The first kappa shape index (κ1) is 18.4. The average Bonchev–Trinajstić information content (AvgIpc) is 3.17. The summed E-state index contributed by atoms with van der Waals surface area (Å²) in [5.41, 5.74) is 3.70. The van der Waals surface area contributed by atoms with Gasteiger partial charge in [0.2, 0.25) is 5.89 Å². The molecule has 4 rings (SSSR count). The van der Waals surface area contributed by atoms with Gasteiger partial charge in [-0.3, -0.25) is 9.36 Å². The van der Waals surface area contributed by atoms with Crippen LogP contribution in [-0.2, 0) is 12.2 Å². The summed E-state index contributed by atoms with van der Waals surface area (Å²) in [6, 6.07) is 13.4. The first-order valence-corrected chi connectivity index (χ1v) is 10.1. The van der Waals surface area contributed by atoms with Crippen LogP contribution in [0.3, 0.4) is 0 Å². The van der Waals surface area contributed by atoms with Crippen LogP contribution in [-0.4, -0.2) is 19.7 Å². The molecule has 0 radical (unpaired) electrons. The third-order valence-electron chi connectivity index (χ3n) is 4.64. The number of nitrogens with zero attached hydrogens (tertiary/aromatic N) is 4. The summed E-state index contributed by atoms with van der Waals surface area (Å²) in [7, 11) is 0. The quantitative estimate of drug-likeness (QED) is 0.374. The fourth-order valence-corrected chi connectivity index (χ4v) is 3.78. The summed E-state index contributed by atoms with van der Waals surface area (Å²) in [6.45, 7) is 6.06. The van der Waals surface area contributed by atoms with Gasteiger partial charge in [0.25, 0.3) is 5.56 Å². The Morgan fingerprint density at radius 2 is 1.89 bits per heavy atom. The largest absolute Gasteiger partial charge is 0.339 e. The Morgan fingerprint density at radius 1 is 1.07 bits per heavy atom. The van der Waals surface area contributed by atoms with Gasteiger partial charge in [0.15, 0.2) is 11.0 Å². The second kappa shape index (κ2) is 7.59. The molecule has 28 heavy (non-hydrogen) atoms. The summed E-state index contributed by atoms with van der Waals surface area (Å²) < 4.78 is 6.84. The SMILES string of the molecule is CCc1nc(CSc2nc3ccccc3c(=O)n2-c2ccc(C)c(C)c2)no1. The fourth-order valence-electron chi connectivity index (χ4n) is 2.92. The molecule has 0 aliphatic rings. The Balaban J connectivity index is 1.83. The van der Waals surface area contributed by atoms with Crippen molar-refractivity contribution in [3.05, 3.63) is 75.7 Å². The summed E-state index contributed by atoms with van der Waals surface area (Å²) in [5.74, 6) is 1.67. The van der Waals surface area contributed by atoms with Gasteiger partial charge in [-0.1, -0.05) is 42.0 Å². The molecule has 7 heteroatoms. The van der Waals surface area contributed by atoms with Gasteiger partial charge in [0.05, 0.1) is 22.3 Å². The molecule has 2 aromatic heterocycles. The summed E-state index contributed by atoms with van der Waals surface area (Å²) in [4.78, 5) is 22.4. The average molecular weight is 392 g/mol. The molecule has 4 aromatic rings. The number of hydrogen-bond acceptors (Lipinski definition) is 6. The highest BCUT2D eigenvalue weighted by atomic mass is 32.2. The highest BCUT2D eigenvalue weighted by Crippen LogP contribution is 2.24. The predicted octanol–water partition coefficient (Wildman–Crippen LogP) is 4.24. The van der Waals surface area contributed by atoms with Crippen LogP contribution in [0, 0.1) is 13.8 Å². The lowest BCUT2D eigenvalue weighted by atomic mass is 10.1. The molecule has 0 saturated heterocycles. The van der Waals surface area contributed by atoms with Crippen LogP contribution >= 0.6 is 11.8 Å². The smallest absolute Gasteiger partial charge is 0.266 e. The maximum Gasteiger partial charge on any atom is 0.266 e. The number of para-hydroxylation sites is 1. The minimum absolute atomic E-state index is 0.0845. The van der Waals surface area contributed by atoms with Gasteiger partial charge >= 0.3 is 0 Å². The Morgan fingerprint density at radius 3 is 2.64 bits per heavy atom. The van der Waals surface area contributed by atoms with Gasteiger partial charge in [0.1, 0.15) is 0 Å². The first-order chi connectivity index (χ1) is 13.6. The second-order valence-corrected chi connectivity index (χ2v) is 7.51. The van der Waals surface area contributed by atoms with E-state index in [-0.39, 0.29) is 5.56 Å². The van der Waals surface area contributed by atoms with Crippen LogP contribution in [0.25, 0.3) is 16.6 Å². The minimum Gasteiger partial charge on any atom is -0.339 e. The van der Waals surface area contributed by atoms with Crippen molar-refractivity contribution in [1.82, 2.24) is 19.7 Å². The van der Waals surface area contributed by atoms with Crippen LogP contribution < -0.4 is 5.56 Å². The molecular weight excluding hydrogens is 372 g/mol. The fraction of sp³-hybridized carbons (Fsp3) is 0.238. The van der Waals surface area contributed by atoms with Crippen LogP contribution in [0.1, 0.15) is 29.8 Å². The molecule has 0 spiro atoms. The van der Waals surface area contributed by atoms with E-state index in [0.717, 1.165) is 11.3 Å². The van der Waals surface area contributed by atoms with Crippen LogP contribution in [0.5, 0.6) is 0 Å². The van der Waals surface area contributed by atoms with E-state index in [4.69, 9.17) is 9.51 Å². The van der Waals surface area contributed by atoms with E-state index in [1.807, 2.05) is 56.3 Å². The van der Waals surface area contributed by atoms with Gasteiger partial charge in [-0.2, -0.15) is 4.98 Å². The van der Waals surface area contributed by atoms with Gasteiger partial charge in [-0.25, -0.2) is 4.98 Å². The molecule has 142 valence electrons. The zero-order valence-corrected chi connectivity index (χ0v) is 16.8. The lowest BCUT2D eigenvalue weighted by Crippen LogP contribution is -2.22. The standard InChI is InChI=1S/C21H20N4O2S/c1-4-19-23-18(24-27-19)12-28-21-22-17-8-6-5-7-16(17)20(26)25(21)15-10-9-13(2)14(3)11-15/h5-11H,4,12H2,1-3H3. The van der Waals surface area contributed by atoms with Crippen molar-refractivity contribution in [2.24, 2.45) is 0 Å². The van der Waals surface area contributed by atoms with E-state index in [9.17, 15) is 4.79 Å². The number of fused-ring (bicyclic) bond motifs is 1. The van der Waals surface area contributed by atoms with Crippen molar-refractivity contribution >= 4 is 22.7 Å². The maximum absolute atomic E-state index is 13.3. The van der Waals surface area contributed by atoms with E-state index in [0.29, 0.717) is 39.9 Å². The third-order valence-corrected chi connectivity index (χ3v) is 5.57. The van der Waals surface area contributed by atoms with E-state index in [1.165, 1.54) is 17.3 Å². The number of aryl methyl sites for hydroxylation is 3. The molecule has 0 bridgehead atoms. The number of thioether (sulfide) groups is 1. The van der Waals surface area contributed by atoms with Crippen molar-refractivity contribution < 1.29 is 4.52 Å². The lowest BCUT2D eigenvalue weighted by Gasteiger charge is -2.14. The number of benzene rings is 2. The Bertz CT molecular complexity index is 1210. The highest BCUT2D eigenvalue weighted by molar-refractivity contribution is 7.98. The Kier molecular flexibility index (Phi) is 5.00. The monoisotopic (exact) mass is 392 g/mol. The molecule has 0 N–H and O–H groups in total. The van der Waals surface area contributed by atoms with Crippen molar-refractivity contribution in [3.8, 4) is 5.69 Å².